The number of hydrogen-bond donors (Lipinski definition) is 1. The molecule has 0 atom stereocenters. The number of para-hydroxylation sites is 1. The Balaban J connectivity index is 2.32. The Hall–Kier alpha value is -2.36. The summed E-state index contributed by atoms with van der Waals surface area (Å²) in [6.45, 7) is 4.00. The highest BCUT2D eigenvalue weighted by atomic mass is 16.2. The Kier molecular flexibility index (Phi) is 4.03. The van der Waals surface area contributed by atoms with E-state index >= 15 is 0 Å². The van der Waals surface area contributed by atoms with Crippen molar-refractivity contribution in [3.05, 3.63) is 63.6 Å². The number of aryl methyl sites for hydroxylation is 3. The van der Waals surface area contributed by atoms with E-state index in [0.29, 0.717) is 5.56 Å². The average molecular weight is 270 g/mol. The van der Waals surface area contributed by atoms with Gasteiger partial charge in [0.25, 0.3) is 11.5 Å². The van der Waals surface area contributed by atoms with Crippen LogP contribution in [0.4, 0.5) is 5.69 Å². The van der Waals surface area contributed by atoms with Crippen molar-refractivity contribution in [2.45, 2.75) is 20.3 Å². The molecule has 1 amide bonds. The minimum Gasteiger partial charge on any atom is -0.321 e. The highest BCUT2D eigenvalue weighted by molar-refractivity contribution is 6.04. The maximum atomic E-state index is 12.2. The van der Waals surface area contributed by atoms with E-state index < -0.39 is 0 Å². The van der Waals surface area contributed by atoms with Crippen molar-refractivity contribution in [3.63, 3.8) is 0 Å². The van der Waals surface area contributed by atoms with Crippen molar-refractivity contribution in [2.24, 2.45) is 7.05 Å². The van der Waals surface area contributed by atoms with Gasteiger partial charge in [-0.05, 0) is 30.5 Å². The fraction of sp³-hybridized carbons (Fsp3) is 0.250. The number of carbonyl (C=O) groups excluding carboxylic acids is 1. The normalized spacial score (nSPS) is 10.3. The second-order valence-electron chi connectivity index (χ2n) is 4.78. The molecule has 1 heterocycles. The lowest BCUT2D eigenvalue weighted by Crippen LogP contribution is -2.20. The second-order valence-corrected chi connectivity index (χ2v) is 4.78. The van der Waals surface area contributed by atoms with Crippen molar-refractivity contribution < 1.29 is 4.79 Å². The van der Waals surface area contributed by atoms with Crippen LogP contribution < -0.4 is 10.9 Å². The first-order valence-corrected chi connectivity index (χ1v) is 6.59. The number of nitrogens with zero attached hydrogens (tertiary/aromatic N) is 1. The van der Waals surface area contributed by atoms with Gasteiger partial charge in [0.15, 0.2) is 0 Å². The molecule has 1 N–H and O–H groups in total. The van der Waals surface area contributed by atoms with Crippen LogP contribution in [0, 0.1) is 6.92 Å². The number of aromatic nitrogens is 1. The number of rotatable bonds is 3. The summed E-state index contributed by atoms with van der Waals surface area (Å²) in [6, 6.07) is 8.91. The first-order chi connectivity index (χ1) is 9.52. The number of pyridine rings is 1. The van der Waals surface area contributed by atoms with E-state index in [4.69, 9.17) is 0 Å². The molecule has 4 nitrogen and oxygen atoms in total. The molecule has 0 spiro atoms. The molecule has 4 heteroatoms. The van der Waals surface area contributed by atoms with Crippen LogP contribution in [-0.2, 0) is 13.5 Å². The quantitative estimate of drug-likeness (QED) is 0.931. The van der Waals surface area contributed by atoms with Crippen molar-refractivity contribution in [2.75, 3.05) is 5.32 Å². The van der Waals surface area contributed by atoms with Crippen LogP contribution in [-0.4, -0.2) is 10.5 Å². The first-order valence-electron chi connectivity index (χ1n) is 6.59. The van der Waals surface area contributed by atoms with Gasteiger partial charge in [-0.3, -0.25) is 9.59 Å². The van der Waals surface area contributed by atoms with Crippen LogP contribution in [0.2, 0.25) is 0 Å². The largest absolute Gasteiger partial charge is 0.321 e. The number of amides is 1. The molecule has 2 rings (SSSR count). The minimum absolute atomic E-state index is 0.196. The molecule has 2 aromatic rings. The fourth-order valence-electron chi connectivity index (χ4n) is 2.08. The van der Waals surface area contributed by atoms with Crippen molar-refractivity contribution >= 4 is 11.6 Å². The van der Waals surface area contributed by atoms with Crippen LogP contribution in [0.1, 0.15) is 28.4 Å². The molecule has 0 bridgehead atoms. The standard InChI is InChI=1S/C16H18N2O2/c1-4-12-7-5-6-11(2)15(12)17-16(20)13-8-9-18(3)14(19)10-13/h5-10H,4H2,1-3H3,(H,17,20). The second kappa shape index (κ2) is 5.74. The molecule has 1 aromatic carbocycles. The Bertz CT molecular complexity index is 702. The third-order valence-electron chi connectivity index (χ3n) is 3.35. The molecular weight excluding hydrogens is 252 g/mol. The summed E-state index contributed by atoms with van der Waals surface area (Å²) in [7, 11) is 1.65. The van der Waals surface area contributed by atoms with Gasteiger partial charge < -0.3 is 9.88 Å². The van der Waals surface area contributed by atoms with Crippen LogP contribution in [0.15, 0.2) is 41.3 Å². The smallest absolute Gasteiger partial charge is 0.255 e. The molecule has 0 aliphatic heterocycles. The molecular formula is C16H18N2O2. The summed E-state index contributed by atoms with van der Waals surface area (Å²) in [5.41, 5.74) is 3.11. The van der Waals surface area contributed by atoms with Gasteiger partial charge in [0.1, 0.15) is 0 Å². The first kappa shape index (κ1) is 14.1. The van der Waals surface area contributed by atoms with E-state index in [0.717, 1.165) is 23.2 Å². The summed E-state index contributed by atoms with van der Waals surface area (Å²) in [4.78, 5) is 23.8. The Morgan fingerprint density at radius 3 is 2.70 bits per heavy atom. The highest BCUT2D eigenvalue weighted by Crippen LogP contribution is 2.21. The van der Waals surface area contributed by atoms with Crippen LogP contribution in [0.3, 0.4) is 0 Å². The lowest BCUT2D eigenvalue weighted by atomic mass is 10.1. The third-order valence-corrected chi connectivity index (χ3v) is 3.35. The number of benzene rings is 1. The van der Waals surface area contributed by atoms with Gasteiger partial charge in [-0.1, -0.05) is 25.1 Å². The van der Waals surface area contributed by atoms with Gasteiger partial charge >= 0.3 is 0 Å². The summed E-state index contributed by atoms with van der Waals surface area (Å²) in [5.74, 6) is -0.258. The molecule has 0 unspecified atom stereocenters. The van der Waals surface area contributed by atoms with Crippen LogP contribution in [0.5, 0.6) is 0 Å². The number of carbonyl (C=O) groups is 1. The van der Waals surface area contributed by atoms with Crippen LogP contribution >= 0.6 is 0 Å². The predicted octanol–water partition coefficient (Wildman–Crippen LogP) is 2.51. The van der Waals surface area contributed by atoms with Crippen molar-refractivity contribution in [1.29, 1.82) is 0 Å². The molecule has 0 fully saturated rings. The number of hydrogen-bond acceptors (Lipinski definition) is 2. The van der Waals surface area contributed by atoms with Gasteiger partial charge in [-0.2, -0.15) is 0 Å². The van der Waals surface area contributed by atoms with Gasteiger partial charge in [0.2, 0.25) is 0 Å². The molecule has 0 radical (unpaired) electrons. The lowest BCUT2D eigenvalue weighted by molar-refractivity contribution is 0.102. The van der Waals surface area contributed by atoms with Crippen molar-refractivity contribution in [3.8, 4) is 0 Å². The van der Waals surface area contributed by atoms with Gasteiger partial charge in [0, 0.05) is 30.6 Å². The van der Waals surface area contributed by atoms with E-state index in [2.05, 4.69) is 5.32 Å². The molecule has 20 heavy (non-hydrogen) atoms. The maximum absolute atomic E-state index is 12.2. The van der Waals surface area contributed by atoms with Gasteiger partial charge in [-0.15, -0.1) is 0 Å². The monoisotopic (exact) mass is 270 g/mol. The minimum atomic E-state index is -0.258. The van der Waals surface area contributed by atoms with E-state index in [9.17, 15) is 9.59 Å². The van der Waals surface area contributed by atoms with E-state index in [1.165, 1.54) is 10.6 Å². The molecule has 0 saturated heterocycles. The summed E-state index contributed by atoms with van der Waals surface area (Å²) in [6.07, 6.45) is 2.43. The highest BCUT2D eigenvalue weighted by Gasteiger charge is 2.11. The zero-order valence-corrected chi connectivity index (χ0v) is 11.9. The number of nitrogens with one attached hydrogen (secondary N) is 1. The number of anilines is 1. The van der Waals surface area contributed by atoms with E-state index in [1.807, 2.05) is 32.0 Å². The Labute approximate surface area is 118 Å². The zero-order valence-electron chi connectivity index (χ0n) is 11.9. The topological polar surface area (TPSA) is 51.1 Å². The van der Waals surface area contributed by atoms with Crippen LogP contribution in [0.25, 0.3) is 0 Å². The lowest BCUT2D eigenvalue weighted by Gasteiger charge is -2.13. The summed E-state index contributed by atoms with van der Waals surface area (Å²) in [5, 5.41) is 2.91. The third kappa shape index (κ3) is 2.79. The SMILES string of the molecule is CCc1cccc(C)c1NC(=O)c1ccn(C)c(=O)c1. The molecule has 0 saturated carbocycles. The summed E-state index contributed by atoms with van der Waals surface area (Å²) < 4.78 is 1.43. The zero-order chi connectivity index (χ0) is 14.7. The predicted molar refractivity (Wildman–Crippen MR) is 80.2 cm³/mol. The molecule has 0 aliphatic carbocycles. The maximum Gasteiger partial charge on any atom is 0.255 e. The van der Waals surface area contributed by atoms with Crippen molar-refractivity contribution in [1.82, 2.24) is 4.57 Å². The van der Waals surface area contributed by atoms with E-state index in [1.54, 1.807) is 19.3 Å². The summed E-state index contributed by atoms with van der Waals surface area (Å²) >= 11 is 0. The fourth-order valence-corrected chi connectivity index (χ4v) is 2.08. The average Bonchev–Trinajstić information content (AvgIpc) is 2.44. The Morgan fingerprint density at radius 2 is 2.05 bits per heavy atom. The van der Waals surface area contributed by atoms with Gasteiger partial charge in [-0.25, -0.2) is 0 Å². The van der Waals surface area contributed by atoms with E-state index in [-0.39, 0.29) is 11.5 Å². The molecule has 0 aliphatic rings. The Morgan fingerprint density at radius 1 is 1.30 bits per heavy atom. The molecule has 104 valence electrons. The molecule has 1 aromatic heterocycles. The van der Waals surface area contributed by atoms with Gasteiger partial charge in [0.05, 0.1) is 0 Å².